The number of furan rings is 1. The van der Waals surface area contributed by atoms with Crippen LogP contribution in [0, 0.1) is 6.92 Å². The topological polar surface area (TPSA) is 50.5 Å². The number of rotatable bonds is 6. The van der Waals surface area contributed by atoms with Gasteiger partial charge in [-0.3, -0.25) is 0 Å². The number of pyridine rings is 1. The van der Waals surface area contributed by atoms with Gasteiger partial charge in [-0.15, -0.1) is 0 Å². The molecule has 5 heteroatoms. The summed E-state index contributed by atoms with van der Waals surface area (Å²) in [6.07, 6.45) is 7.01. The van der Waals surface area contributed by atoms with Crippen molar-refractivity contribution in [3.63, 3.8) is 0 Å². The molecule has 142 valence electrons. The minimum atomic E-state index is 0.419. The van der Waals surface area contributed by atoms with Gasteiger partial charge in [-0.2, -0.15) is 0 Å². The number of piperazine rings is 1. The second-order valence-electron chi connectivity index (χ2n) is 7.23. The molecule has 1 N–H and O–H groups in total. The van der Waals surface area contributed by atoms with Gasteiger partial charge in [0, 0.05) is 37.3 Å². The SMILES string of the molecule is COc1cccnc1N1CCNCC1CCCc1coc2ccc(C)cc12. The van der Waals surface area contributed by atoms with E-state index in [2.05, 4.69) is 40.3 Å². The summed E-state index contributed by atoms with van der Waals surface area (Å²) in [4.78, 5) is 6.99. The maximum atomic E-state index is 5.72. The fourth-order valence-electron chi connectivity index (χ4n) is 3.97. The van der Waals surface area contributed by atoms with Gasteiger partial charge in [-0.1, -0.05) is 11.6 Å². The number of ether oxygens (including phenoxy) is 1. The number of hydrogen-bond donors (Lipinski definition) is 1. The van der Waals surface area contributed by atoms with Crippen molar-refractivity contribution >= 4 is 16.8 Å². The molecule has 5 nitrogen and oxygen atoms in total. The zero-order valence-corrected chi connectivity index (χ0v) is 16.1. The lowest BCUT2D eigenvalue weighted by molar-refractivity contribution is 0.398. The summed E-state index contributed by atoms with van der Waals surface area (Å²) in [6, 6.07) is 10.7. The number of hydrogen-bond acceptors (Lipinski definition) is 5. The maximum Gasteiger partial charge on any atom is 0.171 e. The number of methoxy groups -OCH3 is 1. The molecule has 2 aromatic heterocycles. The van der Waals surface area contributed by atoms with Gasteiger partial charge in [-0.05, 0) is 56.0 Å². The van der Waals surface area contributed by atoms with Gasteiger partial charge in [0.15, 0.2) is 11.6 Å². The molecule has 1 unspecified atom stereocenters. The Morgan fingerprint density at radius 3 is 3.15 bits per heavy atom. The molecule has 1 aromatic carbocycles. The Morgan fingerprint density at radius 1 is 1.33 bits per heavy atom. The van der Waals surface area contributed by atoms with E-state index in [0.29, 0.717) is 6.04 Å². The molecule has 3 heterocycles. The minimum Gasteiger partial charge on any atom is -0.493 e. The quantitative estimate of drug-likeness (QED) is 0.717. The molecular weight excluding hydrogens is 338 g/mol. The van der Waals surface area contributed by atoms with Crippen LogP contribution in [0.2, 0.25) is 0 Å². The van der Waals surface area contributed by atoms with E-state index in [4.69, 9.17) is 9.15 Å². The highest BCUT2D eigenvalue weighted by molar-refractivity contribution is 5.81. The van der Waals surface area contributed by atoms with Crippen molar-refractivity contribution in [1.29, 1.82) is 0 Å². The highest BCUT2D eigenvalue weighted by Crippen LogP contribution is 2.29. The summed E-state index contributed by atoms with van der Waals surface area (Å²) >= 11 is 0. The maximum absolute atomic E-state index is 5.72. The molecule has 0 bridgehead atoms. The normalized spacial score (nSPS) is 17.4. The smallest absolute Gasteiger partial charge is 0.171 e. The van der Waals surface area contributed by atoms with Crippen LogP contribution in [0.3, 0.4) is 0 Å². The van der Waals surface area contributed by atoms with E-state index >= 15 is 0 Å². The summed E-state index contributed by atoms with van der Waals surface area (Å²) < 4.78 is 11.3. The Balaban J connectivity index is 1.45. The Kier molecular flexibility index (Phi) is 5.30. The third-order valence-corrected chi connectivity index (χ3v) is 5.39. The van der Waals surface area contributed by atoms with Crippen molar-refractivity contribution < 1.29 is 9.15 Å². The predicted octanol–water partition coefficient (Wildman–Crippen LogP) is 3.95. The third kappa shape index (κ3) is 3.78. The van der Waals surface area contributed by atoms with E-state index in [1.165, 1.54) is 16.5 Å². The summed E-state index contributed by atoms with van der Waals surface area (Å²) in [5.41, 5.74) is 3.56. The van der Waals surface area contributed by atoms with Crippen LogP contribution in [0.4, 0.5) is 5.82 Å². The van der Waals surface area contributed by atoms with Crippen LogP contribution in [0.25, 0.3) is 11.0 Å². The Morgan fingerprint density at radius 2 is 2.26 bits per heavy atom. The van der Waals surface area contributed by atoms with E-state index in [-0.39, 0.29) is 0 Å². The Labute approximate surface area is 160 Å². The van der Waals surface area contributed by atoms with Gasteiger partial charge in [0.05, 0.1) is 13.4 Å². The first-order valence-electron chi connectivity index (χ1n) is 9.69. The molecule has 0 aliphatic carbocycles. The molecule has 1 atom stereocenters. The monoisotopic (exact) mass is 365 g/mol. The van der Waals surface area contributed by atoms with Crippen LogP contribution in [-0.4, -0.2) is 37.8 Å². The molecule has 4 rings (SSSR count). The summed E-state index contributed by atoms with van der Waals surface area (Å²) in [5.74, 6) is 1.80. The van der Waals surface area contributed by atoms with Crippen LogP contribution in [0.5, 0.6) is 5.75 Å². The van der Waals surface area contributed by atoms with E-state index in [1.807, 2.05) is 24.6 Å². The lowest BCUT2D eigenvalue weighted by Gasteiger charge is -2.37. The second kappa shape index (κ2) is 8.01. The molecule has 0 saturated carbocycles. The number of aromatic nitrogens is 1. The molecule has 1 fully saturated rings. The molecular formula is C22H27N3O2. The zero-order valence-electron chi connectivity index (χ0n) is 16.1. The largest absolute Gasteiger partial charge is 0.493 e. The van der Waals surface area contributed by atoms with Crippen molar-refractivity contribution in [3.05, 3.63) is 53.9 Å². The average Bonchev–Trinajstić information content (AvgIpc) is 3.10. The number of nitrogens with zero attached hydrogens (tertiary/aromatic N) is 2. The first kappa shape index (κ1) is 17.9. The Bertz CT molecular complexity index is 905. The first-order chi connectivity index (χ1) is 13.3. The second-order valence-corrected chi connectivity index (χ2v) is 7.23. The number of nitrogens with one attached hydrogen (secondary N) is 1. The van der Waals surface area contributed by atoms with Gasteiger partial charge in [0.1, 0.15) is 5.58 Å². The molecule has 1 saturated heterocycles. The number of anilines is 1. The number of fused-ring (bicyclic) bond motifs is 1. The molecule has 0 radical (unpaired) electrons. The average molecular weight is 365 g/mol. The molecule has 0 spiro atoms. The fourth-order valence-corrected chi connectivity index (χ4v) is 3.97. The van der Waals surface area contributed by atoms with Crippen molar-refractivity contribution in [2.24, 2.45) is 0 Å². The summed E-state index contributed by atoms with van der Waals surface area (Å²) in [5, 5.41) is 4.77. The third-order valence-electron chi connectivity index (χ3n) is 5.39. The van der Waals surface area contributed by atoms with E-state index in [9.17, 15) is 0 Å². The van der Waals surface area contributed by atoms with Crippen LogP contribution in [0.1, 0.15) is 24.0 Å². The molecule has 27 heavy (non-hydrogen) atoms. The predicted molar refractivity (Wildman–Crippen MR) is 109 cm³/mol. The van der Waals surface area contributed by atoms with Gasteiger partial charge >= 0.3 is 0 Å². The molecule has 0 amide bonds. The standard InChI is InChI=1S/C22H27N3O2/c1-16-8-9-20-19(13-16)17(15-27-20)5-3-6-18-14-23-11-12-25(18)22-21(26-2)7-4-10-24-22/h4,7-10,13,15,18,23H,3,5-6,11-12,14H2,1-2H3. The fraction of sp³-hybridized carbons (Fsp3) is 0.409. The van der Waals surface area contributed by atoms with Crippen LogP contribution >= 0.6 is 0 Å². The zero-order chi connectivity index (χ0) is 18.6. The highest BCUT2D eigenvalue weighted by Gasteiger charge is 2.25. The lowest BCUT2D eigenvalue weighted by Crippen LogP contribution is -2.51. The number of benzene rings is 1. The van der Waals surface area contributed by atoms with Crippen LogP contribution < -0.4 is 15.0 Å². The first-order valence-corrected chi connectivity index (χ1v) is 9.69. The van der Waals surface area contributed by atoms with Gasteiger partial charge in [-0.25, -0.2) is 4.98 Å². The highest BCUT2D eigenvalue weighted by atomic mass is 16.5. The van der Waals surface area contributed by atoms with Gasteiger partial charge in [0.2, 0.25) is 0 Å². The van der Waals surface area contributed by atoms with Crippen molar-refractivity contribution in [3.8, 4) is 5.75 Å². The van der Waals surface area contributed by atoms with Crippen molar-refractivity contribution in [2.75, 3.05) is 31.6 Å². The molecule has 3 aromatic rings. The lowest BCUT2D eigenvalue weighted by atomic mass is 10.0. The van der Waals surface area contributed by atoms with Crippen molar-refractivity contribution in [1.82, 2.24) is 10.3 Å². The molecule has 1 aliphatic heterocycles. The van der Waals surface area contributed by atoms with Gasteiger partial charge in [0.25, 0.3) is 0 Å². The van der Waals surface area contributed by atoms with Crippen LogP contribution in [0.15, 0.2) is 47.2 Å². The van der Waals surface area contributed by atoms with Crippen LogP contribution in [-0.2, 0) is 6.42 Å². The summed E-state index contributed by atoms with van der Waals surface area (Å²) in [6.45, 7) is 5.03. The van der Waals surface area contributed by atoms with Gasteiger partial charge < -0.3 is 19.4 Å². The molecule has 1 aliphatic rings. The van der Waals surface area contributed by atoms with E-state index in [0.717, 1.165) is 56.0 Å². The van der Waals surface area contributed by atoms with E-state index < -0.39 is 0 Å². The Hall–Kier alpha value is -2.53. The van der Waals surface area contributed by atoms with Crippen molar-refractivity contribution in [2.45, 2.75) is 32.2 Å². The van der Waals surface area contributed by atoms with E-state index in [1.54, 1.807) is 7.11 Å². The minimum absolute atomic E-state index is 0.419. The summed E-state index contributed by atoms with van der Waals surface area (Å²) in [7, 11) is 1.71. The number of aryl methyl sites for hydroxylation is 2.